The molecule has 0 saturated heterocycles. The molecule has 6 heteroatoms. The maximum atomic E-state index is 11.8. The van der Waals surface area contributed by atoms with Crippen molar-refractivity contribution in [3.05, 3.63) is 46.2 Å². The molecule has 0 atom stereocenters. The van der Waals surface area contributed by atoms with Gasteiger partial charge in [-0.25, -0.2) is 4.79 Å². The minimum Gasteiger partial charge on any atom is -0.508 e. The van der Waals surface area contributed by atoms with Crippen LogP contribution in [-0.4, -0.2) is 22.1 Å². The van der Waals surface area contributed by atoms with Crippen molar-refractivity contribution in [2.45, 2.75) is 12.8 Å². The number of amides is 1. The number of nitrogens with one attached hydrogen (secondary N) is 1. The molecule has 0 bridgehead atoms. The molecule has 0 aliphatic rings. The first kappa shape index (κ1) is 14.1. The number of phenols is 1. The average molecular weight is 291 g/mol. The number of carbonyl (C=O) groups is 2. The molecule has 0 unspecified atom stereocenters. The van der Waals surface area contributed by atoms with Gasteiger partial charge in [0, 0.05) is 11.3 Å². The molecule has 1 heterocycles. The number of benzene rings is 1. The normalized spacial score (nSPS) is 10.2. The van der Waals surface area contributed by atoms with Crippen molar-refractivity contribution in [3.8, 4) is 5.75 Å². The number of aryl methyl sites for hydroxylation is 1. The van der Waals surface area contributed by atoms with Crippen LogP contribution >= 0.6 is 11.3 Å². The van der Waals surface area contributed by atoms with Gasteiger partial charge in [-0.2, -0.15) is 0 Å². The Morgan fingerprint density at radius 3 is 2.70 bits per heavy atom. The van der Waals surface area contributed by atoms with E-state index in [1.807, 2.05) is 17.5 Å². The highest BCUT2D eigenvalue weighted by Crippen LogP contribution is 2.21. The molecule has 0 saturated carbocycles. The van der Waals surface area contributed by atoms with Crippen LogP contribution in [0.2, 0.25) is 0 Å². The predicted octanol–water partition coefficient (Wildman–Crippen LogP) is 2.72. The van der Waals surface area contributed by atoms with Gasteiger partial charge in [0.15, 0.2) is 0 Å². The molecule has 0 aliphatic carbocycles. The van der Waals surface area contributed by atoms with Crippen molar-refractivity contribution >= 4 is 28.9 Å². The Morgan fingerprint density at radius 2 is 2.05 bits per heavy atom. The molecule has 1 aromatic carbocycles. The number of carboxylic acid groups (broad SMARTS) is 1. The van der Waals surface area contributed by atoms with Crippen LogP contribution in [0.3, 0.4) is 0 Å². The molecule has 3 N–H and O–H groups in total. The minimum atomic E-state index is -1.20. The number of rotatable bonds is 5. The monoisotopic (exact) mass is 291 g/mol. The number of aromatic carboxylic acids is 1. The number of hydrogen-bond donors (Lipinski definition) is 3. The van der Waals surface area contributed by atoms with Gasteiger partial charge in [0.2, 0.25) is 5.91 Å². The first-order valence-electron chi connectivity index (χ1n) is 5.95. The zero-order valence-electron chi connectivity index (χ0n) is 10.5. The fraction of sp³-hybridized carbons (Fsp3) is 0.143. The summed E-state index contributed by atoms with van der Waals surface area (Å²) in [5.74, 6) is -1.61. The second-order valence-electron chi connectivity index (χ2n) is 4.16. The molecular weight excluding hydrogens is 278 g/mol. The van der Waals surface area contributed by atoms with E-state index in [1.54, 1.807) is 11.3 Å². The molecule has 20 heavy (non-hydrogen) atoms. The Bertz CT molecular complexity index is 622. The predicted molar refractivity (Wildman–Crippen MR) is 76.3 cm³/mol. The number of phenolic OH excluding ortho intramolecular Hbond substituents is 1. The van der Waals surface area contributed by atoms with Crippen molar-refractivity contribution < 1.29 is 19.8 Å². The maximum Gasteiger partial charge on any atom is 0.337 e. The van der Waals surface area contributed by atoms with Gasteiger partial charge < -0.3 is 15.5 Å². The second-order valence-corrected chi connectivity index (χ2v) is 5.19. The number of carbonyl (C=O) groups excluding carboxylic acids is 1. The molecule has 104 valence electrons. The first-order chi connectivity index (χ1) is 9.56. The highest BCUT2D eigenvalue weighted by molar-refractivity contribution is 7.09. The van der Waals surface area contributed by atoms with E-state index in [2.05, 4.69) is 5.32 Å². The standard InChI is InChI=1S/C14H13NO4S/c16-9-3-5-12(11(8-9)14(18)19)15-13(17)6-4-10-2-1-7-20-10/h1-3,5,7-8,16H,4,6H2,(H,15,17)(H,18,19). The second kappa shape index (κ2) is 6.21. The summed E-state index contributed by atoms with van der Waals surface area (Å²) < 4.78 is 0. The van der Waals surface area contributed by atoms with Crippen LogP contribution in [0.1, 0.15) is 21.7 Å². The molecular formula is C14H13NO4S. The van der Waals surface area contributed by atoms with E-state index in [4.69, 9.17) is 5.11 Å². The molecule has 2 rings (SSSR count). The third-order valence-corrected chi connectivity index (χ3v) is 3.62. The summed E-state index contributed by atoms with van der Waals surface area (Å²) in [6, 6.07) is 7.68. The fourth-order valence-electron chi connectivity index (χ4n) is 1.72. The van der Waals surface area contributed by atoms with E-state index in [0.717, 1.165) is 10.9 Å². The van der Waals surface area contributed by atoms with E-state index < -0.39 is 5.97 Å². The lowest BCUT2D eigenvalue weighted by molar-refractivity contribution is -0.116. The first-order valence-corrected chi connectivity index (χ1v) is 6.83. The Kier molecular flexibility index (Phi) is 4.37. The summed E-state index contributed by atoms with van der Waals surface area (Å²) in [6.07, 6.45) is 0.893. The Hall–Kier alpha value is -2.34. The SMILES string of the molecule is O=C(CCc1cccs1)Nc1ccc(O)cc1C(=O)O. The lowest BCUT2D eigenvalue weighted by Gasteiger charge is -2.08. The summed E-state index contributed by atoms with van der Waals surface area (Å²) >= 11 is 1.57. The zero-order chi connectivity index (χ0) is 14.5. The van der Waals surface area contributed by atoms with Gasteiger partial charge in [0.25, 0.3) is 0 Å². The van der Waals surface area contributed by atoms with E-state index in [0.29, 0.717) is 6.42 Å². The van der Waals surface area contributed by atoms with Crippen LogP contribution in [-0.2, 0) is 11.2 Å². The van der Waals surface area contributed by atoms with Crippen LogP contribution < -0.4 is 5.32 Å². The van der Waals surface area contributed by atoms with Gasteiger partial charge in [0.1, 0.15) is 5.75 Å². The maximum absolute atomic E-state index is 11.8. The van der Waals surface area contributed by atoms with Crippen molar-refractivity contribution in [2.24, 2.45) is 0 Å². The van der Waals surface area contributed by atoms with Crippen LogP contribution in [0.15, 0.2) is 35.7 Å². The Morgan fingerprint density at radius 1 is 1.25 bits per heavy atom. The number of carboxylic acids is 1. The molecule has 1 amide bonds. The number of aromatic hydroxyl groups is 1. The summed E-state index contributed by atoms with van der Waals surface area (Å²) in [5.41, 5.74) is 0.0564. The number of thiophene rings is 1. The van der Waals surface area contributed by atoms with E-state index >= 15 is 0 Å². The van der Waals surface area contributed by atoms with Crippen LogP contribution in [0.5, 0.6) is 5.75 Å². The van der Waals surface area contributed by atoms with Gasteiger partial charge in [-0.15, -0.1) is 11.3 Å². The van der Waals surface area contributed by atoms with Crippen LogP contribution in [0.25, 0.3) is 0 Å². The number of hydrogen-bond acceptors (Lipinski definition) is 4. The fourth-order valence-corrected chi connectivity index (χ4v) is 2.43. The summed E-state index contributed by atoms with van der Waals surface area (Å²) in [6.45, 7) is 0. The molecule has 0 radical (unpaired) electrons. The molecule has 0 fully saturated rings. The van der Waals surface area contributed by atoms with Gasteiger partial charge in [0.05, 0.1) is 11.3 Å². The average Bonchev–Trinajstić information content (AvgIpc) is 2.91. The smallest absolute Gasteiger partial charge is 0.337 e. The lowest BCUT2D eigenvalue weighted by atomic mass is 10.1. The van der Waals surface area contributed by atoms with E-state index in [-0.39, 0.29) is 29.3 Å². The van der Waals surface area contributed by atoms with E-state index in [9.17, 15) is 14.7 Å². The third kappa shape index (κ3) is 3.58. The zero-order valence-corrected chi connectivity index (χ0v) is 11.3. The van der Waals surface area contributed by atoms with Crippen molar-refractivity contribution in [3.63, 3.8) is 0 Å². The minimum absolute atomic E-state index is 0.130. The van der Waals surface area contributed by atoms with Crippen molar-refractivity contribution in [2.75, 3.05) is 5.32 Å². The third-order valence-electron chi connectivity index (χ3n) is 2.69. The largest absolute Gasteiger partial charge is 0.508 e. The molecule has 2 aromatic rings. The van der Waals surface area contributed by atoms with Crippen LogP contribution in [0.4, 0.5) is 5.69 Å². The van der Waals surface area contributed by atoms with Crippen molar-refractivity contribution in [1.29, 1.82) is 0 Å². The highest BCUT2D eigenvalue weighted by Gasteiger charge is 2.13. The number of anilines is 1. The summed E-state index contributed by atoms with van der Waals surface area (Å²) in [4.78, 5) is 23.9. The Balaban J connectivity index is 2.02. The molecule has 5 nitrogen and oxygen atoms in total. The highest BCUT2D eigenvalue weighted by atomic mass is 32.1. The van der Waals surface area contributed by atoms with Crippen molar-refractivity contribution in [1.82, 2.24) is 0 Å². The topological polar surface area (TPSA) is 86.6 Å². The summed E-state index contributed by atoms with van der Waals surface area (Å²) in [5, 5.41) is 22.8. The van der Waals surface area contributed by atoms with Gasteiger partial charge in [-0.1, -0.05) is 6.07 Å². The Labute approximate surface area is 119 Å². The quantitative estimate of drug-likeness (QED) is 0.739. The molecule has 0 aliphatic heterocycles. The molecule has 0 spiro atoms. The van der Waals surface area contributed by atoms with E-state index in [1.165, 1.54) is 12.1 Å². The van der Waals surface area contributed by atoms with Gasteiger partial charge >= 0.3 is 5.97 Å². The molecule has 1 aromatic heterocycles. The summed E-state index contributed by atoms with van der Waals surface area (Å²) in [7, 11) is 0. The lowest BCUT2D eigenvalue weighted by Crippen LogP contribution is -2.14. The van der Waals surface area contributed by atoms with Gasteiger partial charge in [-0.05, 0) is 36.1 Å². The van der Waals surface area contributed by atoms with Gasteiger partial charge in [-0.3, -0.25) is 4.79 Å². The van der Waals surface area contributed by atoms with Crippen LogP contribution in [0, 0.1) is 0 Å².